The molecule has 10 nitrogen and oxygen atoms in total. The van der Waals surface area contributed by atoms with Crippen molar-refractivity contribution in [1.29, 1.82) is 0 Å². The number of likely N-dealkylation sites (tertiary alicyclic amines) is 1. The van der Waals surface area contributed by atoms with Crippen LogP contribution in [-0.2, 0) is 14.6 Å². The zero-order valence-electron chi connectivity index (χ0n) is 22.9. The Balaban J connectivity index is 1.18. The summed E-state index contributed by atoms with van der Waals surface area (Å²) in [6, 6.07) is 13.0. The Hall–Kier alpha value is -3.64. The molecule has 5 rings (SSSR count). The molecular weight excluding hydrogens is 547 g/mol. The van der Waals surface area contributed by atoms with Gasteiger partial charge in [0.1, 0.15) is 21.7 Å². The monoisotopic (exact) mass is 582 g/mol. The predicted molar refractivity (Wildman–Crippen MR) is 152 cm³/mol. The third-order valence-electron chi connectivity index (χ3n) is 7.94. The summed E-state index contributed by atoms with van der Waals surface area (Å²) >= 11 is 0. The number of piperidine rings is 1. The van der Waals surface area contributed by atoms with Crippen molar-refractivity contribution < 1.29 is 22.4 Å². The molecule has 2 aromatic carbocycles. The van der Waals surface area contributed by atoms with Crippen molar-refractivity contribution >= 4 is 21.7 Å². The van der Waals surface area contributed by atoms with Gasteiger partial charge in [-0.25, -0.2) is 17.5 Å². The molecule has 2 heterocycles. The summed E-state index contributed by atoms with van der Waals surface area (Å²) in [5, 5.41) is 13.7. The van der Waals surface area contributed by atoms with Crippen molar-refractivity contribution in [1.82, 2.24) is 30.5 Å². The van der Waals surface area contributed by atoms with Crippen molar-refractivity contribution in [3.8, 4) is 5.69 Å². The van der Waals surface area contributed by atoms with Gasteiger partial charge < -0.3 is 15.5 Å². The third kappa shape index (κ3) is 7.36. The summed E-state index contributed by atoms with van der Waals surface area (Å²) in [4.78, 5) is 28.4. The molecule has 0 unspecified atom stereocenters. The third-order valence-corrected chi connectivity index (χ3v) is 9.63. The van der Waals surface area contributed by atoms with Crippen LogP contribution in [0.5, 0.6) is 0 Å². The average molecular weight is 583 g/mol. The molecule has 2 amide bonds. The molecule has 1 saturated heterocycles. The first-order valence-electron chi connectivity index (χ1n) is 13.9. The van der Waals surface area contributed by atoms with Crippen LogP contribution in [0.25, 0.3) is 5.69 Å². The first-order valence-corrected chi connectivity index (χ1v) is 15.9. The highest BCUT2D eigenvalue weighted by Gasteiger charge is 2.38. The molecule has 3 atom stereocenters. The van der Waals surface area contributed by atoms with E-state index in [1.54, 1.807) is 46.2 Å². The van der Waals surface area contributed by atoms with E-state index in [9.17, 15) is 22.4 Å². The van der Waals surface area contributed by atoms with Gasteiger partial charge in [0.05, 0.1) is 23.3 Å². The second kappa shape index (κ2) is 12.5. The van der Waals surface area contributed by atoms with Gasteiger partial charge in [-0.3, -0.25) is 9.59 Å². The number of hydrogen-bond acceptors (Lipinski definition) is 7. The second-order valence-electron chi connectivity index (χ2n) is 10.9. The zero-order valence-corrected chi connectivity index (χ0v) is 23.8. The van der Waals surface area contributed by atoms with Gasteiger partial charge in [0.2, 0.25) is 5.91 Å². The van der Waals surface area contributed by atoms with Crippen molar-refractivity contribution in [3.05, 3.63) is 77.9 Å². The number of rotatable bonds is 11. The Morgan fingerprint density at radius 3 is 2.41 bits per heavy atom. The van der Waals surface area contributed by atoms with Crippen LogP contribution in [0, 0.1) is 5.82 Å². The number of halogens is 1. The van der Waals surface area contributed by atoms with Gasteiger partial charge in [-0.1, -0.05) is 17.3 Å². The fourth-order valence-electron chi connectivity index (χ4n) is 5.43. The van der Waals surface area contributed by atoms with Gasteiger partial charge in [0.25, 0.3) is 5.91 Å². The maximum atomic E-state index is 13.5. The summed E-state index contributed by atoms with van der Waals surface area (Å²) in [6.45, 7) is 1.36. The number of amides is 2. The summed E-state index contributed by atoms with van der Waals surface area (Å²) in [6.07, 6.45) is 7.37. The van der Waals surface area contributed by atoms with Gasteiger partial charge in [-0.05, 0) is 80.6 Å². The first kappa shape index (κ1) is 28.9. The molecule has 3 aromatic rings. The summed E-state index contributed by atoms with van der Waals surface area (Å²) in [5.74, 6) is -0.445. The molecule has 1 aliphatic heterocycles. The van der Waals surface area contributed by atoms with Crippen molar-refractivity contribution in [2.45, 2.75) is 55.4 Å². The van der Waals surface area contributed by atoms with Crippen LogP contribution in [0.4, 0.5) is 4.39 Å². The lowest BCUT2D eigenvalue weighted by Gasteiger charge is -2.33. The number of nitrogens with one attached hydrogen (secondary N) is 2. The van der Waals surface area contributed by atoms with Crippen LogP contribution in [0.15, 0.2) is 60.9 Å². The number of carbonyl (C=O) groups is 2. The predicted octanol–water partition coefficient (Wildman–Crippen LogP) is 2.47. The Bertz CT molecular complexity index is 1440. The average Bonchev–Trinajstić information content (AvgIpc) is 3.52. The van der Waals surface area contributed by atoms with E-state index in [2.05, 4.69) is 20.9 Å². The molecule has 218 valence electrons. The lowest BCUT2D eigenvalue weighted by Crippen LogP contribution is -2.52. The molecular formula is C29H35FN6O4S. The molecule has 2 fully saturated rings. The highest BCUT2D eigenvalue weighted by molar-refractivity contribution is 7.91. The van der Waals surface area contributed by atoms with E-state index in [1.165, 1.54) is 18.4 Å². The van der Waals surface area contributed by atoms with Crippen LogP contribution >= 0.6 is 0 Å². The van der Waals surface area contributed by atoms with Crippen LogP contribution in [0.1, 0.15) is 53.9 Å². The van der Waals surface area contributed by atoms with Crippen LogP contribution in [0.3, 0.4) is 0 Å². The quantitative estimate of drug-likeness (QED) is 0.333. The van der Waals surface area contributed by atoms with E-state index >= 15 is 0 Å². The van der Waals surface area contributed by atoms with Crippen LogP contribution in [0.2, 0.25) is 0 Å². The van der Waals surface area contributed by atoms with Crippen molar-refractivity contribution in [2.24, 2.45) is 0 Å². The second-order valence-corrected chi connectivity index (χ2v) is 13.2. The normalized spacial score (nSPS) is 20.0. The molecule has 41 heavy (non-hydrogen) atoms. The Kier molecular flexibility index (Phi) is 8.79. The largest absolute Gasteiger partial charge is 0.341 e. The smallest absolute Gasteiger partial charge is 0.251 e. The molecule has 1 aliphatic carbocycles. The van der Waals surface area contributed by atoms with E-state index in [0.717, 1.165) is 17.7 Å². The van der Waals surface area contributed by atoms with E-state index in [0.29, 0.717) is 62.8 Å². The fraction of sp³-hybridized carbons (Fsp3) is 0.448. The molecule has 1 aromatic heterocycles. The molecule has 1 saturated carbocycles. The summed E-state index contributed by atoms with van der Waals surface area (Å²) < 4.78 is 38.7. The molecule has 0 bridgehead atoms. The minimum absolute atomic E-state index is 0.194. The van der Waals surface area contributed by atoms with Crippen molar-refractivity contribution in [3.63, 3.8) is 0 Å². The zero-order chi connectivity index (χ0) is 29.0. The highest BCUT2D eigenvalue weighted by Crippen LogP contribution is 2.40. The Labute approximate surface area is 239 Å². The minimum Gasteiger partial charge on any atom is -0.341 e. The highest BCUT2D eigenvalue weighted by atomic mass is 32.2. The molecule has 2 aliphatic rings. The SMILES string of the molecule is CS(=O)(=O)C1CCN(C(=O)[C@H](CCCN[C@@H]2C[C@H]2c2ccc(F)cc2)NC(=O)c2ccc(-n3ccnn3)cc2)CC1. The Morgan fingerprint density at radius 1 is 1.07 bits per heavy atom. The number of sulfone groups is 1. The van der Waals surface area contributed by atoms with E-state index in [4.69, 9.17) is 0 Å². The number of nitrogens with zero attached hydrogens (tertiary/aromatic N) is 4. The summed E-state index contributed by atoms with van der Waals surface area (Å²) in [5.41, 5.74) is 2.28. The fourth-order valence-corrected chi connectivity index (χ4v) is 6.49. The first-order chi connectivity index (χ1) is 19.7. The lowest BCUT2D eigenvalue weighted by molar-refractivity contribution is -0.134. The molecule has 12 heteroatoms. The van der Waals surface area contributed by atoms with Crippen molar-refractivity contribution in [2.75, 3.05) is 25.9 Å². The maximum absolute atomic E-state index is 13.5. The van der Waals surface area contributed by atoms with Crippen LogP contribution in [-0.4, -0.2) is 83.3 Å². The number of carbonyl (C=O) groups excluding carboxylic acids is 2. The lowest BCUT2D eigenvalue weighted by atomic mass is 10.1. The topological polar surface area (TPSA) is 126 Å². The molecule has 2 N–H and O–H groups in total. The minimum atomic E-state index is -3.16. The van der Waals surface area contributed by atoms with Gasteiger partial charge in [-0.2, -0.15) is 0 Å². The van der Waals surface area contributed by atoms with Gasteiger partial charge in [-0.15, -0.1) is 5.10 Å². The van der Waals surface area contributed by atoms with E-state index < -0.39 is 21.1 Å². The standard InChI is InChI=1S/C29H35FN6O4S/c1-41(39,40)24-12-16-35(17-13-24)29(38)26(3-2-14-31-27-19-25(27)20-4-8-22(30)9-5-20)33-28(37)21-6-10-23(11-7-21)36-18-15-32-34-36/h4-11,15,18,24-27,31H,2-3,12-14,16-17,19H2,1H3,(H,33,37)/t25-,26-,27+/m0/s1. The molecule has 0 spiro atoms. The number of benzene rings is 2. The Morgan fingerprint density at radius 2 is 1.78 bits per heavy atom. The van der Waals surface area contributed by atoms with E-state index in [1.807, 2.05) is 12.1 Å². The number of aromatic nitrogens is 3. The van der Waals surface area contributed by atoms with Gasteiger partial charge in [0, 0.05) is 36.9 Å². The van der Waals surface area contributed by atoms with Gasteiger partial charge in [0.15, 0.2) is 0 Å². The molecule has 0 radical (unpaired) electrons. The maximum Gasteiger partial charge on any atom is 0.251 e. The van der Waals surface area contributed by atoms with Crippen LogP contribution < -0.4 is 10.6 Å². The number of hydrogen-bond donors (Lipinski definition) is 2. The summed E-state index contributed by atoms with van der Waals surface area (Å²) in [7, 11) is -3.16. The van der Waals surface area contributed by atoms with Gasteiger partial charge >= 0.3 is 0 Å². The van der Waals surface area contributed by atoms with E-state index in [-0.39, 0.29) is 17.6 Å².